The Labute approximate surface area is 134 Å². The zero-order valence-corrected chi connectivity index (χ0v) is 13.0. The topological polar surface area (TPSA) is 68.2 Å². The molecule has 0 unspecified atom stereocenters. The van der Waals surface area contributed by atoms with E-state index < -0.39 is 0 Å². The van der Waals surface area contributed by atoms with Gasteiger partial charge in [0, 0.05) is 24.0 Å². The van der Waals surface area contributed by atoms with Crippen LogP contribution in [0, 0.1) is 0 Å². The van der Waals surface area contributed by atoms with Crippen molar-refractivity contribution in [3.8, 4) is 23.0 Å². The molecule has 23 heavy (non-hydrogen) atoms. The van der Waals surface area contributed by atoms with Crippen molar-refractivity contribution < 1.29 is 24.4 Å². The monoisotopic (exact) mass is 314 g/mol. The molecule has 2 aromatic carbocycles. The van der Waals surface area contributed by atoms with Gasteiger partial charge in [0.15, 0.2) is 23.0 Å². The number of benzene rings is 2. The molecule has 0 amide bonds. The zero-order valence-electron chi connectivity index (χ0n) is 13.0. The number of aromatic hydroxyl groups is 2. The first-order valence-corrected chi connectivity index (χ1v) is 7.57. The molecule has 2 aromatic rings. The molecule has 2 aliphatic rings. The van der Waals surface area contributed by atoms with Crippen LogP contribution in [-0.2, 0) is 17.6 Å². The molecule has 0 radical (unpaired) electrons. The summed E-state index contributed by atoms with van der Waals surface area (Å²) >= 11 is 0. The minimum Gasteiger partial charge on any atom is -0.504 e. The van der Waals surface area contributed by atoms with Crippen LogP contribution in [0.25, 0.3) is 0 Å². The van der Waals surface area contributed by atoms with Gasteiger partial charge in [-0.3, -0.25) is 0 Å². The maximum atomic E-state index is 10.5. The predicted octanol–water partition coefficient (Wildman–Crippen LogP) is 3.03. The van der Waals surface area contributed by atoms with Gasteiger partial charge in [0.25, 0.3) is 0 Å². The van der Waals surface area contributed by atoms with Crippen LogP contribution in [0.5, 0.6) is 23.0 Å². The van der Waals surface area contributed by atoms with Gasteiger partial charge in [0.1, 0.15) is 0 Å². The first-order chi connectivity index (χ1) is 11.1. The van der Waals surface area contributed by atoms with Gasteiger partial charge < -0.3 is 24.4 Å². The maximum absolute atomic E-state index is 10.5. The molecular weight excluding hydrogens is 296 g/mol. The third-order valence-corrected chi connectivity index (χ3v) is 4.76. The highest BCUT2D eigenvalue weighted by Gasteiger charge is 2.39. The molecule has 5 nitrogen and oxygen atoms in total. The summed E-state index contributed by atoms with van der Waals surface area (Å²) in [6.45, 7) is 0. The van der Waals surface area contributed by atoms with Gasteiger partial charge in [-0.15, -0.1) is 0 Å². The summed E-state index contributed by atoms with van der Waals surface area (Å²) in [4.78, 5) is 0. The molecule has 2 N–H and O–H groups in total. The Kier molecular flexibility index (Phi) is 3.13. The highest BCUT2D eigenvalue weighted by Crippen LogP contribution is 2.52. The van der Waals surface area contributed by atoms with E-state index in [0.717, 1.165) is 22.3 Å². The summed E-state index contributed by atoms with van der Waals surface area (Å²) in [5.74, 6) is 1.20. The molecule has 0 spiro atoms. The first kappa shape index (κ1) is 14.2. The van der Waals surface area contributed by atoms with Crippen LogP contribution in [-0.4, -0.2) is 24.4 Å². The molecule has 2 aliphatic heterocycles. The molecule has 4 rings (SSSR count). The quantitative estimate of drug-likeness (QED) is 0.892. The summed E-state index contributed by atoms with van der Waals surface area (Å²) in [6.07, 6.45) is 0.715. The fourth-order valence-electron chi connectivity index (χ4n) is 3.70. The number of phenols is 2. The Hall–Kier alpha value is -2.40. The second kappa shape index (κ2) is 5.06. The largest absolute Gasteiger partial charge is 0.504 e. The molecule has 2 atom stereocenters. The number of hydrogen-bond acceptors (Lipinski definition) is 5. The van der Waals surface area contributed by atoms with E-state index in [9.17, 15) is 10.2 Å². The number of ether oxygens (including phenoxy) is 3. The Balaban J connectivity index is 1.84. The van der Waals surface area contributed by atoms with Crippen LogP contribution < -0.4 is 9.47 Å². The van der Waals surface area contributed by atoms with Gasteiger partial charge in [0.2, 0.25) is 0 Å². The van der Waals surface area contributed by atoms with E-state index in [4.69, 9.17) is 14.2 Å². The van der Waals surface area contributed by atoms with Crippen molar-refractivity contribution in [3.63, 3.8) is 0 Å². The second-order valence-corrected chi connectivity index (χ2v) is 5.90. The van der Waals surface area contributed by atoms with Gasteiger partial charge in [0.05, 0.1) is 26.4 Å². The molecule has 0 saturated carbocycles. The number of fused-ring (bicyclic) bond motifs is 6. The molecular formula is C18H18O5. The molecule has 0 fully saturated rings. The van der Waals surface area contributed by atoms with Crippen molar-refractivity contribution in [2.45, 2.75) is 25.0 Å². The van der Waals surface area contributed by atoms with Crippen LogP contribution in [0.15, 0.2) is 24.3 Å². The molecule has 2 bridgehead atoms. The lowest BCUT2D eigenvalue weighted by atomic mass is 9.81. The third kappa shape index (κ3) is 1.96. The average molecular weight is 314 g/mol. The van der Waals surface area contributed by atoms with Gasteiger partial charge >= 0.3 is 0 Å². The Bertz CT molecular complexity index is 718. The first-order valence-electron chi connectivity index (χ1n) is 7.57. The summed E-state index contributed by atoms with van der Waals surface area (Å²) in [5.41, 5.74) is 3.64. The molecule has 0 saturated heterocycles. The number of rotatable bonds is 2. The second-order valence-electron chi connectivity index (χ2n) is 5.90. The van der Waals surface area contributed by atoms with Gasteiger partial charge in [-0.1, -0.05) is 12.1 Å². The lowest BCUT2D eigenvalue weighted by molar-refractivity contribution is -0.0418. The van der Waals surface area contributed by atoms with Crippen molar-refractivity contribution in [2.75, 3.05) is 14.2 Å². The van der Waals surface area contributed by atoms with Crippen LogP contribution in [0.4, 0.5) is 0 Å². The fourth-order valence-corrected chi connectivity index (χ4v) is 3.70. The highest BCUT2D eigenvalue weighted by atomic mass is 16.5. The van der Waals surface area contributed by atoms with E-state index in [-0.39, 0.29) is 23.7 Å². The molecule has 0 aliphatic carbocycles. The van der Waals surface area contributed by atoms with Crippen molar-refractivity contribution in [2.24, 2.45) is 0 Å². The Morgan fingerprint density at radius 2 is 1.26 bits per heavy atom. The summed E-state index contributed by atoms with van der Waals surface area (Å²) < 4.78 is 16.5. The Morgan fingerprint density at radius 1 is 0.826 bits per heavy atom. The third-order valence-electron chi connectivity index (χ3n) is 4.76. The molecule has 2 heterocycles. The minimum atomic E-state index is -0.237. The standard InChI is InChI=1S/C18H18O5/c1-21-11-5-3-9-7-14-16-10(4-6-12(22-2)18(16)20)8-13(23-14)15(9)17(11)19/h3-6,13-14,19-20H,7-8H2,1-2H3/t13-,14-/m0/s1. The smallest absolute Gasteiger partial charge is 0.163 e. The number of hydrogen-bond donors (Lipinski definition) is 2. The SMILES string of the molecule is COc1ccc2c(c1O)[C@@H]1Cc3ccc(OC)c(O)c3[C@H](C2)O1. The van der Waals surface area contributed by atoms with Crippen molar-refractivity contribution >= 4 is 0 Å². The van der Waals surface area contributed by atoms with Crippen molar-refractivity contribution in [1.29, 1.82) is 0 Å². The van der Waals surface area contributed by atoms with Gasteiger partial charge in [-0.2, -0.15) is 0 Å². The molecule has 0 aromatic heterocycles. The van der Waals surface area contributed by atoms with E-state index in [0.29, 0.717) is 24.3 Å². The summed E-state index contributed by atoms with van der Waals surface area (Å²) in [5, 5.41) is 20.9. The van der Waals surface area contributed by atoms with Crippen LogP contribution in [0.2, 0.25) is 0 Å². The maximum Gasteiger partial charge on any atom is 0.163 e. The van der Waals surface area contributed by atoms with E-state index >= 15 is 0 Å². The van der Waals surface area contributed by atoms with Gasteiger partial charge in [-0.05, 0) is 23.3 Å². The van der Waals surface area contributed by atoms with E-state index in [1.807, 2.05) is 12.1 Å². The molecule has 5 heteroatoms. The fraction of sp³-hybridized carbons (Fsp3) is 0.333. The lowest BCUT2D eigenvalue weighted by Crippen LogP contribution is -2.27. The predicted molar refractivity (Wildman–Crippen MR) is 83.3 cm³/mol. The van der Waals surface area contributed by atoms with Crippen molar-refractivity contribution in [3.05, 3.63) is 46.5 Å². The normalized spacial score (nSPS) is 21.3. The van der Waals surface area contributed by atoms with Crippen LogP contribution >= 0.6 is 0 Å². The minimum absolute atomic E-state index is 0.148. The number of phenolic OH excluding ortho intramolecular Hbond substituents is 2. The molecule has 120 valence electrons. The summed E-state index contributed by atoms with van der Waals surface area (Å²) in [7, 11) is 3.07. The Morgan fingerprint density at radius 3 is 1.65 bits per heavy atom. The van der Waals surface area contributed by atoms with Crippen LogP contribution in [0.1, 0.15) is 34.5 Å². The zero-order chi connectivity index (χ0) is 16.1. The van der Waals surface area contributed by atoms with Crippen molar-refractivity contribution in [1.82, 2.24) is 0 Å². The van der Waals surface area contributed by atoms with E-state index in [2.05, 4.69) is 0 Å². The number of methoxy groups -OCH3 is 2. The van der Waals surface area contributed by atoms with Gasteiger partial charge in [-0.25, -0.2) is 0 Å². The lowest BCUT2D eigenvalue weighted by Gasteiger charge is -2.39. The summed E-state index contributed by atoms with van der Waals surface area (Å²) in [6, 6.07) is 7.44. The van der Waals surface area contributed by atoms with Crippen LogP contribution in [0.3, 0.4) is 0 Å². The van der Waals surface area contributed by atoms with E-state index in [1.54, 1.807) is 12.1 Å². The average Bonchev–Trinajstić information content (AvgIpc) is 2.55. The van der Waals surface area contributed by atoms with E-state index in [1.165, 1.54) is 14.2 Å². The highest BCUT2D eigenvalue weighted by molar-refractivity contribution is 5.57.